The Kier molecular flexibility index (Phi) is 6.93. The lowest BCUT2D eigenvalue weighted by molar-refractivity contribution is -0.136. The monoisotopic (exact) mass is 367 g/mol. The highest BCUT2D eigenvalue weighted by Gasteiger charge is 2.35. The number of β-amino-alcohol motifs (C(OH)–C–C–N with tert-alkyl or cyclic N) is 1. The fourth-order valence-electron chi connectivity index (χ4n) is 2.56. The number of aliphatic hydroxyl groups is 1. The Morgan fingerprint density at radius 3 is 2.81 bits per heavy atom. The van der Waals surface area contributed by atoms with E-state index in [2.05, 4.69) is 10.6 Å². The van der Waals surface area contributed by atoms with Crippen molar-refractivity contribution in [2.24, 2.45) is 0 Å². The van der Waals surface area contributed by atoms with Gasteiger partial charge in [-0.1, -0.05) is 6.07 Å². The van der Waals surface area contributed by atoms with Crippen LogP contribution in [0.15, 0.2) is 29.5 Å². The molecule has 0 radical (unpaired) electrons. The molecule has 8 nitrogen and oxygen atoms in total. The van der Waals surface area contributed by atoms with Crippen molar-refractivity contribution in [2.45, 2.75) is 0 Å². The molecule has 1 heterocycles. The summed E-state index contributed by atoms with van der Waals surface area (Å²) in [6.45, 7) is 0.629. The molecule has 26 heavy (non-hydrogen) atoms. The second-order valence-electron chi connectivity index (χ2n) is 5.50. The predicted molar refractivity (Wildman–Crippen MR) is 93.1 cm³/mol. The molecule has 3 N–H and O–H groups in total. The number of benzene rings is 1. The summed E-state index contributed by atoms with van der Waals surface area (Å²) in [4.78, 5) is 25.8. The van der Waals surface area contributed by atoms with Gasteiger partial charge in [-0.3, -0.25) is 4.79 Å². The molecule has 1 aliphatic heterocycles. The summed E-state index contributed by atoms with van der Waals surface area (Å²) >= 11 is 0. The Morgan fingerprint density at radius 1 is 1.38 bits per heavy atom. The molecule has 142 valence electrons. The van der Waals surface area contributed by atoms with Crippen LogP contribution in [-0.4, -0.2) is 69.0 Å². The van der Waals surface area contributed by atoms with Crippen LogP contribution in [0, 0.1) is 5.82 Å². The van der Waals surface area contributed by atoms with Gasteiger partial charge in [0, 0.05) is 20.2 Å². The third kappa shape index (κ3) is 4.30. The molecule has 0 aliphatic carbocycles. The number of nitrogens with one attached hydrogen (secondary N) is 2. The molecule has 0 saturated carbocycles. The van der Waals surface area contributed by atoms with Crippen molar-refractivity contribution in [3.63, 3.8) is 0 Å². The molecule has 1 aromatic carbocycles. The highest BCUT2D eigenvalue weighted by atomic mass is 19.1. The molecule has 0 bridgehead atoms. The van der Waals surface area contributed by atoms with Crippen LogP contribution in [0.4, 0.5) is 15.8 Å². The number of para-hydroxylation sites is 1. The van der Waals surface area contributed by atoms with Crippen LogP contribution in [-0.2, 0) is 19.1 Å². The van der Waals surface area contributed by atoms with Crippen molar-refractivity contribution in [1.29, 1.82) is 0 Å². The average molecular weight is 367 g/mol. The molecule has 0 unspecified atom stereocenters. The summed E-state index contributed by atoms with van der Waals surface area (Å²) in [6, 6.07) is 4.41. The molecule has 1 amide bonds. The van der Waals surface area contributed by atoms with Gasteiger partial charge in [-0.05, 0) is 12.1 Å². The Balaban J connectivity index is 2.34. The normalized spacial score (nSPS) is 14.0. The Hall–Kier alpha value is -2.65. The lowest BCUT2D eigenvalue weighted by Crippen LogP contribution is -2.31. The largest absolute Gasteiger partial charge is 0.466 e. The first-order chi connectivity index (χ1) is 12.5. The minimum atomic E-state index is -0.688. The van der Waals surface area contributed by atoms with E-state index in [9.17, 15) is 14.0 Å². The fraction of sp³-hybridized carbons (Fsp3) is 0.412. The molecule has 9 heteroatoms. The zero-order valence-corrected chi connectivity index (χ0v) is 14.7. The first kappa shape index (κ1) is 19.7. The van der Waals surface area contributed by atoms with Crippen molar-refractivity contribution >= 4 is 23.3 Å². The number of esters is 1. The van der Waals surface area contributed by atoms with Crippen molar-refractivity contribution in [2.75, 3.05) is 57.7 Å². The number of hydrogen-bond donors (Lipinski definition) is 3. The van der Waals surface area contributed by atoms with Gasteiger partial charge >= 0.3 is 5.97 Å². The molecule has 2 rings (SSSR count). The van der Waals surface area contributed by atoms with E-state index in [1.165, 1.54) is 24.1 Å². The molecule has 1 aromatic rings. The van der Waals surface area contributed by atoms with Crippen LogP contribution in [0.3, 0.4) is 0 Å². The Labute approximate surface area is 150 Å². The number of carbonyl (C=O) groups excluding carboxylic acids is 2. The quantitative estimate of drug-likeness (QED) is 0.433. The molecule has 1 aliphatic rings. The first-order valence-electron chi connectivity index (χ1n) is 8.03. The minimum absolute atomic E-state index is 0.0186. The average Bonchev–Trinajstić information content (AvgIpc) is 2.94. The summed E-state index contributed by atoms with van der Waals surface area (Å²) in [6.07, 6.45) is 0. The lowest BCUT2D eigenvalue weighted by Gasteiger charge is -2.17. The summed E-state index contributed by atoms with van der Waals surface area (Å²) in [5, 5.41) is 14.8. The summed E-state index contributed by atoms with van der Waals surface area (Å²) in [5.74, 6) is -1.78. The number of aliphatic hydroxyl groups excluding tert-OH is 1. The van der Waals surface area contributed by atoms with Gasteiger partial charge in [0.15, 0.2) is 0 Å². The van der Waals surface area contributed by atoms with E-state index in [0.717, 1.165) is 0 Å². The molecular weight excluding hydrogens is 345 g/mol. The first-order valence-corrected chi connectivity index (χ1v) is 8.03. The molecular formula is C17H22FN3O5. The fourth-order valence-corrected chi connectivity index (χ4v) is 2.56. The van der Waals surface area contributed by atoms with E-state index in [-0.39, 0.29) is 36.7 Å². The van der Waals surface area contributed by atoms with Gasteiger partial charge in [0.1, 0.15) is 11.5 Å². The van der Waals surface area contributed by atoms with Crippen LogP contribution in [0.25, 0.3) is 0 Å². The van der Waals surface area contributed by atoms with E-state index >= 15 is 0 Å². The van der Waals surface area contributed by atoms with Crippen molar-refractivity contribution < 1.29 is 28.6 Å². The molecule has 0 atom stereocenters. The molecule has 0 fully saturated rings. The van der Waals surface area contributed by atoms with Crippen molar-refractivity contribution in [3.8, 4) is 0 Å². The number of amides is 1. The summed E-state index contributed by atoms with van der Waals surface area (Å²) in [7, 11) is 2.75. The summed E-state index contributed by atoms with van der Waals surface area (Å²) in [5.41, 5.74) is 0.480. The summed E-state index contributed by atoms with van der Waals surface area (Å²) < 4.78 is 24.0. The number of rotatable bonds is 9. The van der Waals surface area contributed by atoms with E-state index in [1.54, 1.807) is 13.2 Å². The molecule has 0 aromatic heterocycles. The smallest absolute Gasteiger partial charge is 0.337 e. The number of carbonyl (C=O) groups is 2. The molecule has 0 spiro atoms. The Morgan fingerprint density at radius 2 is 2.15 bits per heavy atom. The highest BCUT2D eigenvalue weighted by molar-refractivity contribution is 6.09. The van der Waals surface area contributed by atoms with Crippen LogP contribution < -0.4 is 10.6 Å². The van der Waals surface area contributed by atoms with E-state index in [0.29, 0.717) is 18.8 Å². The maximum Gasteiger partial charge on any atom is 0.337 e. The van der Waals surface area contributed by atoms with E-state index in [1.807, 2.05) is 0 Å². The van der Waals surface area contributed by atoms with Gasteiger partial charge in [-0.25, -0.2) is 9.18 Å². The van der Waals surface area contributed by atoms with Crippen LogP contribution in [0.1, 0.15) is 0 Å². The second kappa shape index (κ2) is 9.16. The zero-order valence-electron chi connectivity index (χ0n) is 14.7. The van der Waals surface area contributed by atoms with E-state index in [4.69, 9.17) is 14.6 Å². The van der Waals surface area contributed by atoms with Gasteiger partial charge in [0.05, 0.1) is 43.8 Å². The Bertz CT molecular complexity index is 708. The van der Waals surface area contributed by atoms with Gasteiger partial charge in [-0.15, -0.1) is 0 Å². The van der Waals surface area contributed by atoms with Crippen LogP contribution in [0.2, 0.25) is 0 Å². The number of nitrogens with zero attached hydrogens (tertiary/aromatic N) is 1. The maximum absolute atomic E-state index is 14.4. The maximum atomic E-state index is 14.4. The number of halogens is 1. The topological polar surface area (TPSA) is 100 Å². The van der Waals surface area contributed by atoms with Crippen LogP contribution in [0.5, 0.6) is 0 Å². The minimum Gasteiger partial charge on any atom is -0.466 e. The van der Waals surface area contributed by atoms with Crippen molar-refractivity contribution in [3.05, 3.63) is 35.3 Å². The lowest BCUT2D eigenvalue weighted by atomic mass is 10.2. The number of ether oxygens (including phenoxy) is 2. The second-order valence-corrected chi connectivity index (χ2v) is 5.50. The predicted octanol–water partition coefficient (Wildman–Crippen LogP) is 0.557. The highest BCUT2D eigenvalue weighted by Crippen LogP contribution is 2.29. The third-order valence-corrected chi connectivity index (χ3v) is 3.84. The van der Waals surface area contributed by atoms with Gasteiger partial charge < -0.3 is 30.1 Å². The zero-order chi connectivity index (χ0) is 19.1. The van der Waals surface area contributed by atoms with Gasteiger partial charge in [-0.2, -0.15) is 0 Å². The van der Waals surface area contributed by atoms with Gasteiger partial charge in [0.2, 0.25) is 0 Å². The third-order valence-electron chi connectivity index (χ3n) is 3.84. The molecule has 0 saturated heterocycles. The standard InChI is InChI=1S/C17H22FN3O5/c1-25-9-6-19-13-5-3-4-12(18)15(13)20-14-11(17(24)26-2)10-21(7-8-22)16(14)23/h3-5,19-20,22H,6-10H2,1-2H3. The van der Waals surface area contributed by atoms with Crippen LogP contribution >= 0.6 is 0 Å². The van der Waals surface area contributed by atoms with Crippen molar-refractivity contribution in [1.82, 2.24) is 4.90 Å². The SMILES string of the molecule is COCCNc1cccc(F)c1NC1=C(C(=O)OC)CN(CCO)C1=O. The van der Waals surface area contributed by atoms with E-state index < -0.39 is 17.7 Å². The number of anilines is 2. The number of methoxy groups -OCH3 is 2. The number of hydrogen-bond acceptors (Lipinski definition) is 7. The van der Waals surface area contributed by atoms with Gasteiger partial charge in [0.25, 0.3) is 5.91 Å².